The molecular formula is C41H52N8O4S2. The van der Waals surface area contributed by atoms with E-state index in [0.29, 0.717) is 13.1 Å². The number of sulfonamides is 1. The van der Waals surface area contributed by atoms with Crippen molar-refractivity contribution in [1.82, 2.24) is 34.9 Å². The molecule has 3 aromatic heterocycles. The normalized spacial score (nSPS) is 17.0. The molecule has 1 saturated heterocycles. The Bertz CT molecular complexity index is 2480. The van der Waals surface area contributed by atoms with Crippen LogP contribution in [0.3, 0.4) is 0 Å². The zero-order valence-electron chi connectivity index (χ0n) is 32.4. The number of amides is 2. The van der Waals surface area contributed by atoms with Crippen LogP contribution in [0.4, 0.5) is 0 Å². The molecule has 0 spiro atoms. The Labute approximate surface area is 326 Å². The third-order valence-corrected chi connectivity index (χ3v) is 12.8. The van der Waals surface area contributed by atoms with Crippen LogP contribution < -0.4 is 15.8 Å². The van der Waals surface area contributed by atoms with Gasteiger partial charge in [0.2, 0.25) is 21.8 Å². The molecule has 6 aromatic rings. The van der Waals surface area contributed by atoms with Crippen LogP contribution in [0.15, 0.2) is 48.5 Å². The van der Waals surface area contributed by atoms with Crippen molar-refractivity contribution < 1.29 is 18.0 Å². The summed E-state index contributed by atoms with van der Waals surface area (Å²) in [6, 6.07) is 16.0. The fourth-order valence-corrected chi connectivity index (χ4v) is 10.0. The summed E-state index contributed by atoms with van der Waals surface area (Å²) < 4.78 is 27.8. The van der Waals surface area contributed by atoms with Gasteiger partial charge >= 0.3 is 0 Å². The van der Waals surface area contributed by atoms with Gasteiger partial charge in [0.25, 0.3) is 0 Å². The maximum atomic E-state index is 13.7. The summed E-state index contributed by atoms with van der Waals surface area (Å²) >= 11 is 1.71. The Balaban J connectivity index is 1.18. The van der Waals surface area contributed by atoms with Crippen molar-refractivity contribution in [3.05, 3.63) is 60.2 Å². The lowest BCUT2D eigenvalue weighted by atomic mass is 9.89. The number of hydrogen-bond acceptors (Lipinski definition) is 8. The largest absolute Gasteiger partial charge is 0.353 e. The number of fused-ring (bicyclic) bond motifs is 6. The van der Waals surface area contributed by atoms with Crippen LogP contribution in [0, 0.1) is 11.8 Å². The van der Waals surface area contributed by atoms with Crippen molar-refractivity contribution in [2.24, 2.45) is 17.6 Å². The lowest BCUT2D eigenvalue weighted by Crippen LogP contribution is -2.50. The number of nitrogens with one attached hydrogen (secondary N) is 4. The van der Waals surface area contributed by atoms with Gasteiger partial charge in [0, 0.05) is 35.7 Å². The number of H-pyrrole nitrogens is 2. The lowest BCUT2D eigenvalue weighted by molar-refractivity contribution is -0.135. The van der Waals surface area contributed by atoms with Crippen molar-refractivity contribution in [2.45, 2.75) is 90.8 Å². The number of nitrogens with zero attached hydrogens (tertiary/aromatic N) is 3. The van der Waals surface area contributed by atoms with Crippen molar-refractivity contribution in [1.29, 1.82) is 0 Å². The van der Waals surface area contributed by atoms with Crippen LogP contribution in [-0.4, -0.2) is 76.5 Å². The zero-order valence-corrected chi connectivity index (χ0v) is 34.0. The van der Waals surface area contributed by atoms with Gasteiger partial charge < -0.3 is 25.9 Å². The SMILES string of the molecule is CC(=O)N[C@H](CC(CCCN)c1nc2ccc3cc(-c4cc5ccc6nc([C@@H]7CCCN7C(=O)[C@@H](NS(C)(=O)=O)C(C)C)[nH]c6c5s4)ccc3c2[nH]1)C(C)C. The van der Waals surface area contributed by atoms with Gasteiger partial charge in [0.1, 0.15) is 17.7 Å². The highest BCUT2D eigenvalue weighted by Gasteiger charge is 2.38. The first-order chi connectivity index (χ1) is 26.2. The van der Waals surface area contributed by atoms with Gasteiger partial charge in [0.15, 0.2) is 0 Å². The van der Waals surface area contributed by atoms with Gasteiger partial charge in [-0.15, -0.1) is 11.3 Å². The summed E-state index contributed by atoms with van der Waals surface area (Å²) in [5.74, 6) is 1.63. The second-order valence-electron chi connectivity index (χ2n) is 15.8. The van der Waals surface area contributed by atoms with E-state index in [-0.39, 0.29) is 41.7 Å². The molecule has 1 fully saturated rings. The minimum atomic E-state index is -3.57. The molecule has 2 amide bonds. The molecule has 4 heterocycles. The summed E-state index contributed by atoms with van der Waals surface area (Å²) in [7, 11) is -3.57. The molecule has 1 aliphatic heterocycles. The summed E-state index contributed by atoms with van der Waals surface area (Å²) in [5.41, 5.74) is 10.7. The number of benzene rings is 3. The Morgan fingerprint density at radius 3 is 2.42 bits per heavy atom. The third kappa shape index (κ3) is 8.14. The Morgan fingerprint density at radius 1 is 0.982 bits per heavy atom. The summed E-state index contributed by atoms with van der Waals surface area (Å²) in [6.45, 7) is 10.7. The molecule has 7 rings (SSSR count). The van der Waals surface area contributed by atoms with Gasteiger partial charge in [-0.3, -0.25) is 9.59 Å². The van der Waals surface area contributed by atoms with Crippen LogP contribution >= 0.6 is 11.3 Å². The predicted octanol–water partition coefficient (Wildman–Crippen LogP) is 7.08. The number of nitrogens with two attached hydrogens (primary N) is 1. The van der Waals surface area contributed by atoms with E-state index < -0.39 is 16.1 Å². The molecule has 6 N–H and O–H groups in total. The van der Waals surface area contributed by atoms with Gasteiger partial charge in [-0.2, -0.15) is 0 Å². The minimum absolute atomic E-state index is 0.0215. The molecule has 3 aromatic carbocycles. The number of aromatic amines is 2. The molecule has 14 heteroatoms. The molecule has 292 valence electrons. The summed E-state index contributed by atoms with van der Waals surface area (Å²) in [5, 5.41) is 6.46. The number of carbonyl (C=O) groups is 2. The molecule has 0 radical (unpaired) electrons. The smallest absolute Gasteiger partial charge is 0.241 e. The number of aromatic nitrogens is 4. The third-order valence-electron chi connectivity index (χ3n) is 10.9. The topological polar surface area (TPSA) is 179 Å². The van der Waals surface area contributed by atoms with E-state index in [0.717, 1.165) is 103 Å². The van der Waals surface area contributed by atoms with Crippen LogP contribution in [0.1, 0.15) is 90.3 Å². The van der Waals surface area contributed by atoms with E-state index in [1.54, 1.807) is 23.2 Å². The molecule has 55 heavy (non-hydrogen) atoms. The Morgan fingerprint density at radius 2 is 1.73 bits per heavy atom. The Hall–Kier alpha value is -4.37. The number of likely N-dealkylation sites (tertiary alicyclic amines) is 1. The highest BCUT2D eigenvalue weighted by Crippen LogP contribution is 2.41. The van der Waals surface area contributed by atoms with Crippen LogP contribution in [0.25, 0.3) is 53.4 Å². The van der Waals surface area contributed by atoms with Crippen molar-refractivity contribution in [3.8, 4) is 10.4 Å². The standard InChI is InChI=1S/C41H52N8O4S2/c1-22(2)32(43-24(5)50)20-28(9-7-17-42)39-44-30-15-12-25-19-26(11-14-29(25)36(30)46-39)34-21-27-13-16-31-37(38(27)54-34)47-40(45-31)33-10-8-18-49(33)41(51)35(23(3)4)48-55(6,52)53/h11-16,19,21-23,28,32-33,35,48H,7-10,17-18,20,42H2,1-6H3,(H,43,50)(H,44,46)(H,45,47)/t28?,32-,33+,35+/m1/s1. The maximum Gasteiger partial charge on any atom is 0.241 e. The van der Waals surface area contributed by atoms with Crippen molar-refractivity contribution in [2.75, 3.05) is 19.3 Å². The maximum absolute atomic E-state index is 13.7. The molecule has 1 aliphatic rings. The van der Waals surface area contributed by atoms with Gasteiger partial charge in [-0.1, -0.05) is 52.0 Å². The average Bonchev–Trinajstić information content (AvgIpc) is 3.94. The molecule has 12 nitrogen and oxygen atoms in total. The van der Waals surface area contributed by atoms with E-state index in [9.17, 15) is 18.0 Å². The second kappa shape index (κ2) is 15.6. The first-order valence-electron chi connectivity index (χ1n) is 19.3. The summed E-state index contributed by atoms with van der Waals surface area (Å²) in [4.78, 5) is 45.9. The van der Waals surface area contributed by atoms with E-state index in [1.165, 1.54) is 0 Å². The number of rotatable bonds is 14. The molecule has 4 atom stereocenters. The van der Waals surface area contributed by atoms with E-state index in [2.05, 4.69) is 76.3 Å². The van der Waals surface area contributed by atoms with Gasteiger partial charge in [-0.25, -0.2) is 23.1 Å². The highest BCUT2D eigenvalue weighted by molar-refractivity contribution is 7.88. The van der Waals surface area contributed by atoms with Crippen molar-refractivity contribution in [3.63, 3.8) is 0 Å². The van der Waals surface area contributed by atoms with E-state index >= 15 is 0 Å². The van der Waals surface area contributed by atoms with Crippen LogP contribution in [-0.2, 0) is 19.6 Å². The molecule has 0 bridgehead atoms. The fourth-order valence-electron chi connectivity index (χ4n) is 8.06. The monoisotopic (exact) mass is 784 g/mol. The zero-order chi connectivity index (χ0) is 39.2. The number of imidazole rings is 2. The first kappa shape index (κ1) is 38.9. The summed E-state index contributed by atoms with van der Waals surface area (Å²) in [6.07, 6.45) is 5.20. The number of carbonyl (C=O) groups excluding carboxylic acids is 2. The molecule has 0 aliphatic carbocycles. The van der Waals surface area contributed by atoms with E-state index in [4.69, 9.17) is 15.7 Å². The number of thiophene rings is 1. The quantitative estimate of drug-likeness (QED) is 0.0783. The minimum Gasteiger partial charge on any atom is -0.353 e. The fraction of sp³-hybridized carbons (Fsp3) is 0.463. The van der Waals surface area contributed by atoms with Crippen LogP contribution in [0.5, 0.6) is 0 Å². The molecule has 1 unspecified atom stereocenters. The highest BCUT2D eigenvalue weighted by atomic mass is 32.2. The average molecular weight is 785 g/mol. The van der Waals surface area contributed by atoms with E-state index in [1.807, 2.05) is 19.9 Å². The predicted molar refractivity (Wildman–Crippen MR) is 222 cm³/mol. The lowest BCUT2D eigenvalue weighted by Gasteiger charge is -2.29. The van der Waals surface area contributed by atoms with Crippen molar-refractivity contribution >= 4 is 76.1 Å². The first-order valence-corrected chi connectivity index (χ1v) is 22.0. The molecule has 0 saturated carbocycles. The Kier molecular flexibility index (Phi) is 11.1. The van der Waals surface area contributed by atoms with Crippen LogP contribution in [0.2, 0.25) is 0 Å². The van der Waals surface area contributed by atoms with Gasteiger partial charge in [0.05, 0.1) is 39.1 Å². The number of hydrogen-bond donors (Lipinski definition) is 5. The van der Waals surface area contributed by atoms with Gasteiger partial charge in [-0.05, 0) is 91.1 Å². The second-order valence-corrected chi connectivity index (χ2v) is 18.7. The molecular weight excluding hydrogens is 733 g/mol.